The van der Waals surface area contributed by atoms with Gasteiger partial charge in [0.25, 0.3) is 0 Å². The van der Waals surface area contributed by atoms with Gasteiger partial charge in [-0.25, -0.2) is 0 Å². The second kappa shape index (κ2) is 4.42. The smallest absolute Gasteiger partial charge is 0.229 e. The Hall–Kier alpha value is -1.88. The third-order valence-corrected chi connectivity index (χ3v) is 3.14. The molecular weight excluding hydrogens is 230 g/mol. The average Bonchev–Trinajstić information content (AvgIpc) is 3.16. The summed E-state index contributed by atoms with van der Waals surface area (Å²) < 4.78 is 10.5. The molecule has 1 aromatic heterocycles. The van der Waals surface area contributed by atoms with Gasteiger partial charge in [0.15, 0.2) is 5.82 Å². The highest BCUT2D eigenvalue weighted by molar-refractivity contribution is 5.38. The van der Waals surface area contributed by atoms with E-state index in [2.05, 4.69) is 10.1 Å². The summed E-state index contributed by atoms with van der Waals surface area (Å²) in [6, 6.07) is 7.19. The second-order valence-corrected chi connectivity index (χ2v) is 4.48. The molecule has 5 nitrogen and oxygen atoms in total. The predicted molar refractivity (Wildman–Crippen MR) is 65.3 cm³/mol. The molecule has 0 spiro atoms. The number of nitrogens with zero attached hydrogens (tertiary/aromatic N) is 2. The summed E-state index contributed by atoms with van der Waals surface area (Å²) in [5.41, 5.74) is 7.03. The van der Waals surface area contributed by atoms with Crippen LogP contribution in [0.2, 0.25) is 0 Å². The molecule has 0 saturated heterocycles. The third kappa shape index (κ3) is 1.97. The number of ether oxygens (including phenoxy) is 1. The van der Waals surface area contributed by atoms with Crippen molar-refractivity contribution in [1.82, 2.24) is 10.1 Å². The summed E-state index contributed by atoms with van der Waals surface area (Å²) in [6.45, 7) is 0. The van der Waals surface area contributed by atoms with Gasteiger partial charge in [0.1, 0.15) is 5.75 Å². The van der Waals surface area contributed by atoms with Crippen molar-refractivity contribution in [3.05, 3.63) is 41.5 Å². The monoisotopic (exact) mass is 245 g/mol. The number of hydrogen-bond acceptors (Lipinski definition) is 5. The lowest BCUT2D eigenvalue weighted by Gasteiger charge is -2.11. The molecule has 1 aliphatic carbocycles. The summed E-state index contributed by atoms with van der Waals surface area (Å²) in [5.74, 6) is 2.40. The third-order valence-electron chi connectivity index (χ3n) is 3.14. The number of aromatic nitrogens is 2. The molecule has 1 heterocycles. The summed E-state index contributed by atoms with van der Waals surface area (Å²) in [6.07, 6.45) is 2.26. The topological polar surface area (TPSA) is 74.2 Å². The van der Waals surface area contributed by atoms with E-state index in [1.165, 1.54) is 0 Å². The molecule has 0 bridgehead atoms. The number of benzene rings is 1. The molecule has 1 fully saturated rings. The lowest BCUT2D eigenvalue weighted by molar-refractivity contribution is 0.371. The van der Waals surface area contributed by atoms with E-state index in [9.17, 15) is 0 Å². The fourth-order valence-electron chi connectivity index (χ4n) is 1.93. The molecule has 2 aromatic rings. The van der Waals surface area contributed by atoms with Crippen molar-refractivity contribution >= 4 is 0 Å². The number of hydrogen-bond donors (Lipinski definition) is 1. The number of methoxy groups -OCH3 is 1. The molecule has 1 aromatic carbocycles. The summed E-state index contributed by atoms with van der Waals surface area (Å²) in [4.78, 5) is 4.37. The molecule has 3 rings (SSSR count). The Bertz CT molecular complexity index is 549. The Labute approximate surface area is 105 Å². The SMILES string of the molecule is COc1ccccc1C(N)c1noc(C2CC2)n1. The molecule has 0 amide bonds. The van der Waals surface area contributed by atoms with Crippen molar-refractivity contribution in [2.24, 2.45) is 5.73 Å². The van der Waals surface area contributed by atoms with Crippen LogP contribution in [0.15, 0.2) is 28.8 Å². The first kappa shape index (κ1) is 11.2. The van der Waals surface area contributed by atoms with Crippen molar-refractivity contribution in [1.29, 1.82) is 0 Å². The van der Waals surface area contributed by atoms with E-state index in [0.29, 0.717) is 17.6 Å². The predicted octanol–water partition coefficient (Wildman–Crippen LogP) is 2.00. The largest absolute Gasteiger partial charge is 0.496 e. The van der Waals surface area contributed by atoms with Crippen LogP contribution < -0.4 is 10.5 Å². The van der Waals surface area contributed by atoms with Crippen LogP contribution in [0, 0.1) is 0 Å². The molecule has 1 saturated carbocycles. The molecule has 1 unspecified atom stereocenters. The minimum atomic E-state index is -0.419. The zero-order valence-corrected chi connectivity index (χ0v) is 10.2. The maximum atomic E-state index is 6.16. The summed E-state index contributed by atoms with van der Waals surface area (Å²) >= 11 is 0. The van der Waals surface area contributed by atoms with E-state index in [1.54, 1.807) is 7.11 Å². The number of rotatable bonds is 4. The molecule has 5 heteroatoms. The highest BCUT2D eigenvalue weighted by atomic mass is 16.5. The van der Waals surface area contributed by atoms with Crippen LogP contribution in [0.4, 0.5) is 0 Å². The molecular formula is C13H15N3O2. The minimum Gasteiger partial charge on any atom is -0.496 e. The van der Waals surface area contributed by atoms with Gasteiger partial charge in [0.2, 0.25) is 5.89 Å². The van der Waals surface area contributed by atoms with Crippen molar-refractivity contribution in [3.8, 4) is 5.75 Å². The Kier molecular flexibility index (Phi) is 2.76. The zero-order valence-electron chi connectivity index (χ0n) is 10.2. The fraction of sp³-hybridized carbons (Fsp3) is 0.385. The van der Waals surface area contributed by atoms with E-state index < -0.39 is 6.04 Å². The van der Waals surface area contributed by atoms with E-state index >= 15 is 0 Å². The van der Waals surface area contributed by atoms with Crippen LogP contribution in [0.1, 0.15) is 42.1 Å². The molecule has 2 N–H and O–H groups in total. The Morgan fingerprint density at radius 3 is 2.89 bits per heavy atom. The minimum absolute atomic E-state index is 0.419. The molecule has 94 valence electrons. The van der Waals surface area contributed by atoms with Crippen molar-refractivity contribution in [2.45, 2.75) is 24.8 Å². The first-order valence-corrected chi connectivity index (χ1v) is 6.01. The molecule has 1 atom stereocenters. The van der Waals surface area contributed by atoms with Gasteiger partial charge in [-0.15, -0.1) is 0 Å². The lowest BCUT2D eigenvalue weighted by Crippen LogP contribution is -2.14. The Morgan fingerprint density at radius 2 is 2.17 bits per heavy atom. The van der Waals surface area contributed by atoms with Crippen LogP contribution in [-0.2, 0) is 0 Å². The summed E-state index contributed by atoms with van der Waals surface area (Å²) in [7, 11) is 1.62. The number of nitrogens with two attached hydrogens (primary N) is 1. The maximum absolute atomic E-state index is 6.16. The van der Waals surface area contributed by atoms with Crippen molar-refractivity contribution in [2.75, 3.05) is 7.11 Å². The van der Waals surface area contributed by atoms with Crippen LogP contribution >= 0.6 is 0 Å². The van der Waals surface area contributed by atoms with Gasteiger partial charge in [-0.3, -0.25) is 0 Å². The number of para-hydroxylation sites is 1. The molecule has 18 heavy (non-hydrogen) atoms. The van der Waals surface area contributed by atoms with Gasteiger partial charge in [0.05, 0.1) is 13.2 Å². The first-order valence-electron chi connectivity index (χ1n) is 6.01. The second-order valence-electron chi connectivity index (χ2n) is 4.48. The van der Waals surface area contributed by atoms with E-state index in [1.807, 2.05) is 24.3 Å². The Morgan fingerprint density at radius 1 is 1.39 bits per heavy atom. The standard InChI is InChI=1S/C13H15N3O2/c1-17-10-5-3-2-4-9(10)11(14)12-15-13(18-16-12)8-6-7-8/h2-5,8,11H,6-7,14H2,1H3. The highest BCUT2D eigenvalue weighted by Crippen LogP contribution is 2.39. The van der Waals surface area contributed by atoms with Crippen LogP contribution in [0.5, 0.6) is 5.75 Å². The Balaban J connectivity index is 1.89. The van der Waals surface area contributed by atoms with Gasteiger partial charge in [-0.1, -0.05) is 23.4 Å². The highest BCUT2D eigenvalue weighted by Gasteiger charge is 2.30. The maximum Gasteiger partial charge on any atom is 0.229 e. The van der Waals surface area contributed by atoms with Gasteiger partial charge in [-0.05, 0) is 18.9 Å². The van der Waals surface area contributed by atoms with Gasteiger partial charge >= 0.3 is 0 Å². The van der Waals surface area contributed by atoms with Crippen molar-refractivity contribution < 1.29 is 9.26 Å². The van der Waals surface area contributed by atoms with E-state index in [4.69, 9.17) is 15.0 Å². The average molecular weight is 245 g/mol. The van der Waals surface area contributed by atoms with E-state index in [-0.39, 0.29) is 0 Å². The van der Waals surface area contributed by atoms with Crippen LogP contribution in [0.3, 0.4) is 0 Å². The van der Waals surface area contributed by atoms with Crippen molar-refractivity contribution in [3.63, 3.8) is 0 Å². The lowest BCUT2D eigenvalue weighted by atomic mass is 10.1. The molecule has 0 aliphatic heterocycles. The van der Waals surface area contributed by atoms with Gasteiger partial charge < -0.3 is 15.0 Å². The van der Waals surface area contributed by atoms with E-state index in [0.717, 1.165) is 24.2 Å². The first-order chi connectivity index (χ1) is 8.79. The van der Waals surface area contributed by atoms with Gasteiger partial charge in [0, 0.05) is 11.5 Å². The van der Waals surface area contributed by atoms with Gasteiger partial charge in [-0.2, -0.15) is 4.98 Å². The fourth-order valence-corrected chi connectivity index (χ4v) is 1.93. The molecule has 0 radical (unpaired) electrons. The molecule has 1 aliphatic rings. The normalized spacial score (nSPS) is 16.6. The van der Waals surface area contributed by atoms with Crippen LogP contribution in [0.25, 0.3) is 0 Å². The quantitative estimate of drug-likeness (QED) is 0.891. The zero-order chi connectivity index (χ0) is 12.5. The summed E-state index contributed by atoms with van der Waals surface area (Å²) in [5, 5.41) is 3.96. The van der Waals surface area contributed by atoms with Crippen LogP contribution in [-0.4, -0.2) is 17.3 Å².